The van der Waals surface area contributed by atoms with Gasteiger partial charge in [-0.05, 0) is 38.8 Å². The van der Waals surface area contributed by atoms with Crippen molar-refractivity contribution in [2.24, 2.45) is 0 Å². The first-order valence-corrected chi connectivity index (χ1v) is 12.3. The normalized spacial score (nSPS) is 17.1. The van der Waals surface area contributed by atoms with Crippen molar-refractivity contribution in [2.45, 2.75) is 50.4 Å². The summed E-state index contributed by atoms with van der Waals surface area (Å²) in [5, 5.41) is 24.3. The lowest BCUT2D eigenvalue weighted by Crippen LogP contribution is -2.45. The average Bonchev–Trinajstić information content (AvgIpc) is 2.92. The second kappa shape index (κ2) is 10.9. The molecule has 13 heteroatoms. The van der Waals surface area contributed by atoms with E-state index in [1.54, 1.807) is 13.0 Å². The largest absolute Gasteiger partial charge is 0.481 e. The highest BCUT2D eigenvalue weighted by Crippen LogP contribution is 2.40. The van der Waals surface area contributed by atoms with Crippen molar-refractivity contribution in [2.75, 3.05) is 32.2 Å². The van der Waals surface area contributed by atoms with Gasteiger partial charge < -0.3 is 25.2 Å². The van der Waals surface area contributed by atoms with Crippen LogP contribution in [0.4, 0.5) is 23.4 Å². The number of carbonyl (C=O) groups excluding carboxylic acids is 1. The van der Waals surface area contributed by atoms with Gasteiger partial charge in [-0.25, -0.2) is 18.7 Å². The number of hydrogen-bond acceptors (Lipinski definition) is 8. The first-order valence-electron chi connectivity index (χ1n) is 12.3. The highest BCUT2D eigenvalue weighted by molar-refractivity contribution is 5.87. The van der Waals surface area contributed by atoms with Gasteiger partial charge in [-0.3, -0.25) is 4.79 Å². The zero-order valence-electron chi connectivity index (χ0n) is 21.6. The zero-order valence-corrected chi connectivity index (χ0v) is 21.6. The molecule has 0 bridgehead atoms. The molecule has 1 aliphatic heterocycles. The maximum Gasteiger partial charge on any atom is 0.301 e. The third kappa shape index (κ3) is 5.33. The summed E-state index contributed by atoms with van der Waals surface area (Å²) in [6, 6.07) is 4.28. The van der Waals surface area contributed by atoms with E-state index in [9.17, 15) is 28.2 Å². The van der Waals surface area contributed by atoms with Gasteiger partial charge in [0.05, 0.1) is 29.7 Å². The highest BCUT2D eigenvalue weighted by Gasteiger charge is 2.41. The molecule has 39 heavy (non-hydrogen) atoms. The molecule has 1 aromatic carbocycles. The number of halogens is 4. The SMILES string of the molecule is COc1nc2ncnc(N[C@H](C)c3cccc(C(F)(F)[C@H](C)O)c3F)c2cc1C1(O)CCN(C(=O)CF)CC1. The molecule has 3 heterocycles. The topological polar surface area (TPSA) is 121 Å². The summed E-state index contributed by atoms with van der Waals surface area (Å²) < 4.78 is 62.2. The molecule has 1 aliphatic rings. The molecule has 2 aromatic heterocycles. The molecular weight excluding hydrogens is 522 g/mol. The predicted octanol–water partition coefficient (Wildman–Crippen LogP) is 3.60. The Balaban J connectivity index is 1.70. The number of aliphatic hydroxyl groups excluding tert-OH is 1. The Morgan fingerprint density at radius 2 is 1.95 bits per heavy atom. The molecule has 4 rings (SSSR count). The van der Waals surface area contributed by atoms with Crippen LogP contribution in [0.3, 0.4) is 0 Å². The number of rotatable bonds is 8. The molecule has 1 saturated heterocycles. The van der Waals surface area contributed by atoms with Crippen molar-refractivity contribution in [1.29, 1.82) is 0 Å². The summed E-state index contributed by atoms with van der Waals surface area (Å²) in [5.74, 6) is -5.31. The van der Waals surface area contributed by atoms with Gasteiger partial charge in [-0.2, -0.15) is 13.8 Å². The Kier molecular flexibility index (Phi) is 7.94. The number of amides is 1. The van der Waals surface area contributed by atoms with Gasteiger partial charge in [0.1, 0.15) is 24.1 Å². The van der Waals surface area contributed by atoms with Crippen LogP contribution in [-0.2, 0) is 16.3 Å². The standard InChI is InChI=1S/C26H29F4N5O4/c1-14(16-5-4-6-18(21(16)28)26(29,30)15(2)36)33-22-17-11-19(24(39-3)34-23(17)32-13-31-22)25(38)7-9-35(10-8-25)20(37)12-27/h4-6,11,13-15,36,38H,7-10,12H2,1-3H3,(H,31,32,33,34)/t14-,15+/m1/s1. The molecule has 1 amide bonds. The lowest BCUT2D eigenvalue weighted by atomic mass is 9.84. The van der Waals surface area contributed by atoms with E-state index in [0.717, 1.165) is 13.0 Å². The van der Waals surface area contributed by atoms with E-state index in [1.165, 1.54) is 30.5 Å². The molecular formula is C26H29F4N5O4. The number of piperidine rings is 1. The number of carbonyl (C=O) groups is 1. The molecule has 3 N–H and O–H groups in total. The fourth-order valence-corrected chi connectivity index (χ4v) is 4.70. The number of fused-ring (bicyclic) bond motifs is 1. The summed E-state index contributed by atoms with van der Waals surface area (Å²) in [4.78, 5) is 25.8. The summed E-state index contributed by atoms with van der Waals surface area (Å²) in [6.07, 6.45) is -0.674. The maximum atomic E-state index is 15.2. The first-order chi connectivity index (χ1) is 18.4. The van der Waals surface area contributed by atoms with Crippen molar-refractivity contribution in [3.05, 3.63) is 53.1 Å². The summed E-state index contributed by atoms with van der Waals surface area (Å²) in [7, 11) is 1.38. The molecule has 0 aliphatic carbocycles. The van der Waals surface area contributed by atoms with E-state index >= 15 is 4.39 Å². The fraction of sp³-hybridized carbons (Fsp3) is 0.462. The quantitative estimate of drug-likeness (QED) is 0.364. The Morgan fingerprint density at radius 3 is 2.56 bits per heavy atom. The second-order valence-corrected chi connectivity index (χ2v) is 9.56. The molecule has 0 saturated carbocycles. The Hall–Kier alpha value is -3.58. The molecule has 9 nitrogen and oxygen atoms in total. The minimum absolute atomic E-state index is 0.0789. The maximum absolute atomic E-state index is 15.2. The van der Waals surface area contributed by atoms with Gasteiger partial charge in [0.2, 0.25) is 5.88 Å². The van der Waals surface area contributed by atoms with Gasteiger partial charge in [-0.1, -0.05) is 12.1 Å². The summed E-state index contributed by atoms with van der Waals surface area (Å²) in [6.45, 7) is 1.57. The number of nitrogens with one attached hydrogen (secondary N) is 1. The number of nitrogens with zero attached hydrogens (tertiary/aromatic N) is 4. The molecule has 0 unspecified atom stereocenters. The van der Waals surface area contributed by atoms with Crippen LogP contribution in [0.1, 0.15) is 49.4 Å². The van der Waals surface area contributed by atoms with E-state index in [-0.39, 0.29) is 48.8 Å². The van der Waals surface area contributed by atoms with Crippen LogP contribution in [0.25, 0.3) is 11.0 Å². The summed E-state index contributed by atoms with van der Waals surface area (Å²) >= 11 is 0. The number of methoxy groups -OCH3 is 1. The number of aromatic nitrogens is 3. The minimum Gasteiger partial charge on any atom is -0.481 e. The van der Waals surface area contributed by atoms with Gasteiger partial charge >= 0.3 is 5.92 Å². The number of benzene rings is 1. The van der Waals surface area contributed by atoms with Crippen LogP contribution >= 0.6 is 0 Å². The lowest BCUT2D eigenvalue weighted by molar-refractivity contribution is -0.136. The number of ether oxygens (including phenoxy) is 1. The van der Waals surface area contributed by atoms with Crippen molar-refractivity contribution in [3.63, 3.8) is 0 Å². The number of alkyl halides is 3. The van der Waals surface area contributed by atoms with Gasteiger partial charge in [0.15, 0.2) is 12.3 Å². The van der Waals surface area contributed by atoms with E-state index in [4.69, 9.17) is 4.74 Å². The third-order valence-electron chi connectivity index (χ3n) is 7.07. The van der Waals surface area contributed by atoms with Crippen LogP contribution in [0.15, 0.2) is 30.6 Å². The van der Waals surface area contributed by atoms with Crippen LogP contribution in [-0.4, -0.2) is 68.9 Å². The average molecular weight is 552 g/mol. The molecule has 2 atom stereocenters. The minimum atomic E-state index is -3.80. The van der Waals surface area contributed by atoms with E-state index in [0.29, 0.717) is 10.9 Å². The van der Waals surface area contributed by atoms with Crippen LogP contribution < -0.4 is 10.1 Å². The van der Waals surface area contributed by atoms with Crippen LogP contribution in [0, 0.1) is 5.82 Å². The van der Waals surface area contributed by atoms with Crippen LogP contribution in [0.2, 0.25) is 0 Å². The van der Waals surface area contributed by atoms with Crippen molar-refractivity contribution in [3.8, 4) is 5.88 Å². The number of aliphatic hydroxyl groups is 2. The molecule has 1 fully saturated rings. The third-order valence-corrected chi connectivity index (χ3v) is 7.07. The number of hydrogen-bond donors (Lipinski definition) is 3. The Morgan fingerprint density at radius 1 is 1.26 bits per heavy atom. The summed E-state index contributed by atoms with van der Waals surface area (Å²) in [5.41, 5.74) is -1.95. The second-order valence-electron chi connectivity index (χ2n) is 9.56. The predicted molar refractivity (Wildman–Crippen MR) is 134 cm³/mol. The highest BCUT2D eigenvalue weighted by atomic mass is 19.3. The number of anilines is 1. The Bertz CT molecular complexity index is 1370. The van der Waals surface area contributed by atoms with E-state index < -0.39 is 47.6 Å². The van der Waals surface area contributed by atoms with Crippen molar-refractivity contribution < 1.29 is 37.3 Å². The van der Waals surface area contributed by atoms with Gasteiger partial charge in [-0.15, -0.1) is 0 Å². The zero-order chi connectivity index (χ0) is 28.5. The van der Waals surface area contributed by atoms with Crippen molar-refractivity contribution >= 4 is 22.8 Å². The molecule has 3 aromatic rings. The molecule has 0 radical (unpaired) electrons. The number of pyridine rings is 1. The van der Waals surface area contributed by atoms with Crippen molar-refractivity contribution in [1.82, 2.24) is 19.9 Å². The first kappa shape index (κ1) is 28.4. The number of likely N-dealkylation sites (tertiary alicyclic amines) is 1. The lowest BCUT2D eigenvalue weighted by Gasteiger charge is -2.38. The van der Waals surface area contributed by atoms with Gasteiger partial charge in [0, 0.05) is 24.2 Å². The molecule has 210 valence electrons. The Labute approximate surface area is 221 Å². The monoisotopic (exact) mass is 551 g/mol. The van der Waals surface area contributed by atoms with E-state index in [1.807, 2.05) is 0 Å². The smallest absolute Gasteiger partial charge is 0.301 e. The fourth-order valence-electron chi connectivity index (χ4n) is 4.70. The van der Waals surface area contributed by atoms with Crippen LogP contribution in [0.5, 0.6) is 5.88 Å². The van der Waals surface area contributed by atoms with Gasteiger partial charge in [0.25, 0.3) is 5.91 Å². The molecule has 0 spiro atoms. The van der Waals surface area contributed by atoms with E-state index in [2.05, 4.69) is 20.3 Å².